The van der Waals surface area contributed by atoms with Gasteiger partial charge in [-0.2, -0.15) is 15.8 Å². The van der Waals surface area contributed by atoms with Crippen molar-refractivity contribution in [2.75, 3.05) is 141 Å². The molecule has 2 heterocycles. The number of nitrogens with one attached hydrogen (secondary N) is 1. The Bertz CT molecular complexity index is 2760. The third kappa shape index (κ3) is 18.1. The maximum Gasteiger partial charge on any atom is 0.172 e. The summed E-state index contributed by atoms with van der Waals surface area (Å²) in [4.78, 5) is 4.43. The number of anilines is 3. The zero-order valence-electron chi connectivity index (χ0n) is 46.1. The molecule has 6 rings (SSSR count). The molecule has 0 spiro atoms. The number of rotatable bonds is 21. The van der Waals surface area contributed by atoms with Crippen molar-refractivity contribution in [1.82, 2.24) is 0 Å². The van der Waals surface area contributed by atoms with Crippen LogP contribution < -0.4 is 29.3 Å². The Kier molecular flexibility index (Phi) is 24.9. The zero-order valence-corrected chi connectivity index (χ0v) is 46.1. The second-order valence-corrected chi connectivity index (χ2v) is 18.8. The molecule has 0 radical (unpaired) electrons. The van der Waals surface area contributed by atoms with E-state index in [0.717, 1.165) is 56.4 Å². The van der Waals surface area contributed by atoms with Crippen molar-refractivity contribution in [1.29, 1.82) is 15.8 Å². The Morgan fingerprint density at radius 3 is 2.17 bits per heavy atom. The quantitative estimate of drug-likeness (QED) is 0.0614. The van der Waals surface area contributed by atoms with Crippen molar-refractivity contribution in [3.63, 3.8) is 0 Å². The highest BCUT2D eigenvalue weighted by Gasteiger charge is 2.42. The molecule has 0 aliphatic carbocycles. The van der Waals surface area contributed by atoms with Crippen LogP contribution in [0.2, 0.25) is 0 Å². The molecule has 0 saturated heterocycles. The summed E-state index contributed by atoms with van der Waals surface area (Å²) in [6, 6.07) is 32.4. The first-order valence-corrected chi connectivity index (χ1v) is 26.8. The minimum atomic E-state index is -1.05. The predicted molar refractivity (Wildman–Crippen MR) is 304 cm³/mol. The van der Waals surface area contributed by atoms with Crippen LogP contribution in [0.4, 0.5) is 17.1 Å². The molecule has 78 heavy (non-hydrogen) atoms. The monoisotopic (exact) mass is 1060 g/mol. The van der Waals surface area contributed by atoms with E-state index >= 15 is 0 Å². The normalized spacial score (nSPS) is 16.7. The van der Waals surface area contributed by atoms with Gasteiger partial charge in [-0.25, -0.2) is 0 Å². The van der Waals surface area contributed by atoms with Gasteiger partial charge in [-0.1, -0.05) is 67.3 Å². The Morgan fingerprint density at radius 1 is 0.731 bits per heavy atom. The van der Waals surface area contributed by atoms with Gasteiger partial charge in [0.25, 0.3) is 0 Å². The fraction of sp³-hybridized carbons (Fsp3) is 0.435. The van der Waals surface area contributed by atoms with E-state index in [9.17, 15) is 15.8 Å². The van der Waals surface area contributed by atoms with Crippen LogP contribution in [0, 0.1) is 47.8 Å². The van der Waals surface area contributed by atoms with Crippen molar-refractivity contribution in [3.05, 3.63) is 142 Å². The molecular formula is C62H76N6O10. The van der Waals surface area contributed by atoms with E-state index in [1.807, 2.05) is 99.7 Å². The molecule has 414 valence electrons. The molecule has 1 atom stereocenters. The molecule has 0 fully saturated rings. The van der Waals surface area contributed by atoms with E-state index in [4.69, 9.17) is 47.4 Å². The molecule has 4 aromatic carbocycles. The average molecular weight is 1070 g/mol. The van der Waals surface area contributed by atoms with Gasteiger partial charge in [0, 0.05) is 45.5 Å². The lowest BCUT2D eigenvalue weighted by Crippen LogP contribution is -2.34. The topological polar surface area (TPSA) is 182 Å². The maximum absolute atomic E-state index is 10.5. The summed E-state index contributed by atoms with van der Waals surface area (Å²) in [6.45, 7) is 20.7. The standard InChI is InChI=1S/C62H76N6O10/c1-7-49-12-14-51(15-13-49)46-74-28-9-22-62(5)54(53(45-65)61(78-62)52(43-63)44-64)18-16-50-17-21-57(60(42-50)77-39-34-69-6)68-26-32-75-58-40-47(3)10-19-55(58)66-23-29-71-37-38-73-31-25-67(24-30-72-36-35-70-8-2)56-20-11-48(4)41-59(56)76-33-27-68/h7,10-21,40-42,66H,1,8-9,22-39,46H2,2-6H3/b18-16+. The lowest BCUT2D eigenvalue weighted by molar-refractivity contribution is 0.0498. The lowest BCUT2D eigenvalue weighted by Gasteiger charge is -2.29. The van der Waals surface area contributed by atoms with Crippen molar-refractivity contribution in [3.8, 4) is 35.5 Å². The fourth-order valence-corrected chi connectivity index (χ4v) is 8.88. The van der Waals surface area contributed by atoms with E-state index in [-0.39, 0.29) is 23.5 Å². The van der Waals surface area contributed by atoms with E-state index < -0.39 is 5.60 Å². The van der Waals surface area contributed by atoms with Crippen LogP contribution in [0.25, 0.3) is 12.2 Å². The number of benzene rings is 4. The molecule has 1 N–H and O–H groups in total. The van der Waals surface area contributed by atoms with Crippen LogP contribution >= 0.6 is 0 Å². The van der Waals surface area contributed by atoms with Crippen LogP contribution in [-0.2, 0) is 39.8 Å². The smallest absolute Gasteiger partial charge is 0.172 e. The number of ether oxygens (including phenoxy) is 10. The van der Waals surface area contributed by atoms with Crippen molar-refractivity contribution < 1.29 is 47.4 Å². The number of methoxy groups -OCH3 is 1. The van der Waals surface area contributed by atoms with Crippen LogP contribution in [0.1, 0.15) is 54.5 Å². The van der Waals surface area contributed by atoms with Gasteiger partial charge in [0.2, 0.25) is 0 Å². The van der Waals surface area contributed by atoms with Crippen LogP contribution in [0.15, 0.2) is 114 Å². The van der Waals surface area contributed by atoms with E-state index in [1.54, 1.807) is 13.2 Å². The summed E-state index contributed by atoms with van der Waals surface area (Å²) < 4.78 is 61.2. The number of hydrogen-bond donors (Lipinski definition) is 1. The summed E-state index contributed by atoms with van der Waals surface area (Å²) in [6.07, 6.45) is 6.54. The van der Waals surface area contributed by atoms with Crippen LogP contribution in [0.5, 0.6) is 17.2 Å². The van der Waals surface area contributed by atoms with E-state index in [2.05, 4.69) is 59.0 Å². The summed E-state index contributed by atoms with van der Waals surface area (Å²) >= 11 is 0. The third-order valence-corrected chi connectivity index (χ3v) is 13.0. The SMILES string of the molecule is C=Cc1ccc(COCCCC2(C)OC(=C(C#N)C#N)C(C#N)=C2/C=C/c2ccc(N3CCOc4cc(C)ccc4NCCOCCOCCN(CCOCCOCC)c4ccc(C)cc4OCC3)c(OCCOC)c2)cc1. The Morgan fingerprint density at radius 2 is 1.44 bits per heavy atom. The van der Waals surface area contributed by atoms with Gasteiger partial charge >= 0.3 is 0 Å². The summed E-state index contributed by atoms with van der Waals surface area (Å²) in [7, 11) is 1.63. The average Bonchev–Trinajstić information content (AvgIpc) is 3.77. The highest BCUT2D eigenvalue weighted by molar-refractivity contribution is 5.69. The third-order valence-electron chi connectivity index (χ3n) is 13.0. The first kappa shape index (κ1) is 59.9. The van der Waals surface area contributed by atoms with Gasteiger partial charge < -0.3 is 62.5 Å². The van der Waals surface area contributed by atoms with Crippen LogP contribution in [0.3, 0.4) is 0 Å². The molecule has 0 amide bonds. The van der Waals surface area contributed by atoms with Crippen LogP contribution in [-0.4, -0.2) is 131 Å². The van der Waals surface area contributed by atoms with Crippen molar-refractivity contribution in [2.24, 2.45) is 0 Å². The predicted octanol–water partition coefficient (Wildman–Crippen LogP) is 10.2. The molecule has 16 heteroatoms. The summed E-state index contributed by atoms with van der Waals surface area (Å²) in [5.74, 6) is 2.04. The molecule has 16 nitrogen and oxygen atoms in total. The lowest BCUT2D eigenvalue weighted by atomic mass is 9.88. The second kappa shape index (κ2) is 32.4. The van der Waals surface area contributed by atoms with Gasteiger partial charge in [0.15, 0.2) is 11.3 Å². The summed E-state index contributed by atoms with van der Waals surface area (Å²) in [5, 5.41) is 33.9. The Hall–Kier alpha value is -7.33. The van der Waals surface area contributed by atoms with Crippen molar-refractivity contribution >= 4 is 29.2 Å². The molecule has 0 bridgehead atoms. The van der Waals surface area contributed by atoms with E-state index in [0.29, 0.717) is 143 Å². The minimum Gasteiger partial charge on any atom is -0.490 e. The number of fused-ring (bicyclic) bond motifs is 2. The van der Waals surface area contributed by atoms with Gasteiger partial charge in [-0.15, -0.1) is 0 Å². The Labute approximate surface area is 461 Å². The number of hydrogen-bond acceptors (Lipinski definition) is 16. The molecule has 4 aromatic rings. The first-order valence-electron chi connectivity index (χ1n) is 26.8. The van der Waals surface area contributed by atoms with Gasteiger partial charge in [0.1, 0.15) is 66.5 Å². The van der Waals surface area contributed by atoms with Gasteiger partial charge in [-0.3, -0.25) is 0 Å². The molecular weight excluding hydrogens is 989 g/mol. The highest BCUT2D eigenvalue weighted by Crippen LogP contribution is 2.44. The number of allylic oxidation sites excluding steroid dienone is 2. The fourth-order valence-electron chi connectivity index (χ4n) is 8.88. The second-order valence-electron chi connectivity index (χ2n) is 18.8. The molecule has 0 saturated carbocycles. The van der Waals surface area contributed by atoms with E-state index in [1.165, 1.54) is 0 Å². The number of nitrogens with zero attached hydrogens (tertiary/aromatic N) is 5. The first-order chi connectivity index (χ1) is 38.1. The molecule has 1 unspecified atom stereocenters. The van der Waals surface area contributed by atoms with Gasteiger partial charge in [-0.05, 0) is 105 Å². The number of nitriles is 3. The number of aryl methyl sites for hydroxylation is 2. The highest BCUT2D eigenvalue weighted by atomic mass is 16.5. The van der Waals surface area contributed by atoms with Gasteiger partial charge in [0.05, 0.1) is 89.6 Å². The Balaban J connectivity index is 1.30. The zero-order chi connectivity index (χ0) is 55.4. The summed E-state index contributed by atoms with van der Waals surface area (Å²) in [5.41, 5.74) is 6.94. The molecule has 0 aromatic heterocycles. The minimum absolute atomic E-state index is 0.0269. The molecule has 2 aliphatic heterocycles. The molecule has 2 aliphatic rings. The maximum atomic E-state index is 10.5. The largest absolute Gasteiger partial charge is 0.490 e. The van der Waals surface area contributed by atoms with Crippen molar-refractivity contribution in [2.45, 2.75) is 52.7 Å².